The van der Waals surface area contributed by atoms with Crippen LogP contribution in [0.4, 0.5) is 0 Å². The molecule has 0 heterocycles. The zero-order valence-electron chi connectivity index (χ0n) is 5.09. The molecule has 0 aromatic heterocycles. The van der Waals surface area contributed by atoms with E-state index in [1.54, 1.807) is 0 Å². The number of hydrogen-bond acceptors (Lipinski definition) is 2. The van der Waals surface area contributed by atoms with E-state index >= 15 is 0 Å². The highest BCUT2D eigenvalue weighted by Gasteiger charge is 1.94. The van der Waals surface area contributed by atoms with Gasteiger partial charge >= 0.3 is 0 Å². The second-order valence-electron chi connectivity index (χ2n) is 1.71. The summed E-state index contributed by atoms with van der Waals surface area (Å²) >= 11 is 0. The molecular formula is C4H12ClN3. The van der Waals surface area contributed by atoms with Gasteiger partial charge in [-0.05, 0) is 0 Å². The first kappa shape index (κ1) is 10.5. The minimum absolute atomic E-state index is 0. The van der Waals surface area contributed by atoms with Gasteiger partial charge in [-0.25, -0.2) is 0 Å². The summed E-state index contributed by atoms with van der Waals surface area (Å²) < 4.78 is 0. The normalized spacial score (nSPS) is 11.1. The van der Waals surface area contributed by atoms with Crippen molar-refractivity contribution >= 4 is 18.2 Å². The zero-order valence-corrected chi connectivity index (χ0v) is 5.90. The van der Waals surface area contributed by atoms with Crippen molar-refractivity contribution in [3.63, 3.8) is 0 Å². The summed E-state index contributed by atoms with van der Waals surface area (Å²) in [6, 6.07) is 0. The van der Waals surface area contributed by atoms with Gasteiger partial charge in [0.15, 0.2) is 0 Å². The van der Waals surface area contributed by atoms with Gasteiger partial charge in [-0.15, -0.1) is 12.4 Å². The van der Waals surface area contributed by atoms with Crippen molar-refractivity contribution in [2.45, 2.75) is 13.8 Å². The lowest BCUT2D eigenvalue weighted by Crippen LogP contribution is -2.20. The van der Waals surface area contributed by atoms with E-state index in [-0.39, 0.29) is 18.3 Å². The average Bonchev–Trinajstić information content (AvgIpc) is 1.65. The molecule has 50 valence electrons. The maximum Gasteiger partial charge on any atom is 0.121 e. The van der Waals surface area contributed by atoms with Crippen molar-refractivity contribution in [1.29, 1.82) is 0 Å². The van der Waals surface area contributed by atoms with E-state index in [2.05, 4.69) is 5.10 Å². The number of amidine groups is 1. The van der Waals surface area contributed by atoms with Gasteiger partial charge in [-0.2, -0.15) is 5.10 Å². The van der Waals surface area contributed by atoms with E-state index in [1.807, 2.05) is 13.8 Å². The van der Waals surface area contributed by atoms with Crippen molar-refractivity contribution in [2.24, 2.45) is 22.6 Å². The molecule has 0 aliphatic carbocycles. The topological polar surface area (TPSA) is 64.4 Å². The monoisotopic (exact) mass is 137 g/mol. The third-order valence-corrected chi connectivity index (χ3v) is 0.741. The molecule has 0 fully saturated rings. The molecule has 0 spiro atoms. The van der Waals surface area contributed by atoms with Gasteiger partial charge in [0.1, 0.15) is 5.84 Å². The van der Waals surface area contributed by atoms with Crippen molar-refractivity contribution in [3.8, 4) is 0 Å². The Labute approximate surface area is 55.5 Å². The summed E-state index contributed by atoms with van der Waals surface area (Å²) in [4.78, 5) is 0. The molecule has 0 aliphatic rings. The van der Waals surface area contributed by atoms with Crippen LogP contribution in [0.1, 0.15) is 13.8 Å². The highest BCUT2D eigenvalue weighted by Crippen LogP contribution is 1.87. The first-order chi connectivity index (χ1) is 3.18. The van der Waals surface area contributed by atoms with Crippen LogP contribution in [0.5, 0.6) is 0 Å². The fourth-order valence-corrected chi connectivity index (χ4v) is 0.149. The van der Waals surface area contributed by atoms with Crippen molar-refractivity contribution < 1.29 is 0 Å². The smallest absolute Gasteiger partial charge is 0.121 e. The van der Waals surface area contributed by atoms with Crippen LogP contribution in [0.3, 0.4) is 0 Å². The molecule has 8 heavy (non-hydrogen) atoms. The maximum atomic E-state index is 5.24. The van der Waals surface area contributed by atoms with Crippen LogP contribution in [0, 0.1) is 5.92 Å². The van der Waals surface area contributed by atoms with E-state index < -0.39 is 0 Å². The Hall–Kier alpha value is -0.440. The largest absolute Gasteiger partial charge is 0.386 e. The summed E-state index contributed by atoms with van der Waals surface area (Å²) in [6.45, 7) is 3.87. The molecule has 0 bridgehead atoms. The van der Waals surface area contributed by atoms with Crippen LogP contribution in [0.25, 0.3) is 0 Å². The average molecular weight is 138 g/mol. The van der Waals surface area contributed by atoms with E-state index in [0.29, 0.717) is 5.84 Å². The van der Waals surface area contributed by atoms with Gasteiger partial charge in [-0.1, -0.05) is 13.8 Å². The Kier molecular flexibility index (Phi) is 6.20. The summed E-state index contributed by atoms with van der Waals surface area (Å²) in [6.07, 6.45) is 0. The molecule has 0 aromatic rings. The van der Waals surface area contributed by atoms with Crippen LogP contribution >= 0.6 is 12.4 Å². The summed E-state index contributed by atoms with van der Waals surface area (Å²) in [5.41, 5.74) is 5.24. The lowest BCUT2D eigenvalue weighted by atomic mass is 10.2. The molecule has 3 nitrogen and oxygen atoms in total. The van der Waals surface area contributed by atoms with Gasteiger partial charge in [0.2, 0.25) is 0 Å². The van der Waals surface area contributed by atoms with Gasteiger partial charge in [0.05, 0.1) is 0 Å². The number of hydrazone groups is 1. The number of hydrogen-bond donors (Lipinski definition) is 2. The van der Waals surface area contributed by atoms with E-state index in [1.165, 1.54) is 0 Å². The minimum atomic E-state index is 0. The molecule has 0 unspecified atom stereocenters. The van der Waals surface area contributed by atoms with Crippen LogP contribution < -0.4 is 11.6 Å². The molecule has 0 radical (unpaired) electrons. The molecule has 0 saturated heterocycles. The Balaban J connectivity index is 0. The van der Waals surface area contributed by atoms with Crippen LogP contribution in [-0.4, -0.2) is 5.84 Å². The van der Waals surface area contributed by atoms with Crippen LogP contribution in [0.2, 0.25) is 0 Å². The first-order valence-corrected chi connectivity index (χ1v) is 2.21. The number of nitrogens with two attached hydrogens (primary N) is 2. The highest BCUT2D eigenvalue weighted by molar-refractivity contribution is 5.85. The predicted octanol–water partition coefficient (Wildman–Crippen LogP) is 0.295. The summed E-state index contributed by atoms with van der Waals surface area (Å²) in [5, 5.41) is 3.28. The molecule has 0 aromatic carbocycles. The number of halogens is 1. The van der Waals surface area contributed by atoms with Gasteiger partial charge < -0.3 is 11.6 Å². The number of rotatable bonds is 1. The molecule has 4 heteroatoms. The fourth-order valence-electron chi connectivity index (χ4n) is 0.149. The maximum absolute atomic E-state index is 5.24. The Morgan fingerprint density at radius 2 is 1.88 bits per heavy atom. The Morgan fingerprint density at radius 3 is 1.88 bits per heavy atom. The van der Waals surface area contributed by atoms with Crippen molar-refractivity contribution in [1.82, 2.24) is 0 Å². The quantitative estimate of drug-likeness (QED) is 0.236. The molecular weight excluding hydrogens is 126 g/mol. The van der Waals surface area contributed by atoms with Crippen LogP contribution in [-0.2, 0) is 0 Å². The number of nitrogens with zero attached hydrogens (tertiary/aromatic N) is 1. The predicted molar refractivity (Wildman–Crippen MR) is 37.9 cm³/mol. The fraction of sp³-hybridized carbons (Fsp3) is 0.750. The molecule has 0 saturated carbocycles. The van der Waals surface area contributed by atoms with Gasteiger partial charge in [0.25, 0.3) is 0 Å². The molecule has 4 N–H and O–H groups in total. The summed E-state index contributed by atoms with van der Waals surface area (Å²) in [7, 11) is 0. The SMILES string of the molecule is CC(C)C(N)=NN.Cl. The Bertz CT molecular complexity index is 79.4. The summed E-state index contributed by atoms with van der Waals surface area (Å²) in [5.74, 6) is 5.60. The van der Waals surface area contributed by atoms with Crippen LogP contribution in [0.15, 0.2) is 5.10 Å². The van der Waals surface area contributed by atoms with E-state index in [4.69, 9.17) is 11.6 Å². The molecule has 0 amide bonds. The van der Waals surface area contributed by atoms with Gasteiger partial charge in [0, 0.05) is 5.92 Å². The highest BCUT2D eigenvalue weighted by atomic mass is 35.5. The standard InChI is InChI=1S/C4H11N3.ClH/c1-3(2)4(5)7-6;/h3H,6H2,1-2H3,(H2,5,7);1H. The van der Waals surface area contributed by atoms with Crippen molar-refractivity contribution in [2.75, 3.05) is 0 Å². The molecule has 0 aliphatic heterocycles. The van der Waals surface area contributed by atoms with E-state index in [0.717, 1.165) is 0 Å². The third-order valence-electron chi connectivity index (χ3n) is 0.741. The second kappa shape index (κ2) is 4.71. The van der Waals surface area contributed by atoms with E-state index in [9.17, 15) is 0 Å². The van der Waals surface area contributed by atoms with Gasteiger partial charge in [-0.3, -0.25) is 0 Å². The van der Waals surface area contributed by atoms with Crippen molar-refractivity contribution in [3.05, 3.63) is 0 Å². The minimum Gasteiger partial charge on any atom is -0.386 e. The third kappa shape index (κ3) is 3.74. The molecule has 0 rings (SSSR count). The Morgan fingerprint density at radius 1 is 1.50 bits per heavy atom. The second-order valence-corrected chi connectivity index (χ2v) is 1.71. The lowest BCUT2D eigenvalue weighted by molar-refractivity contribution is 0.863. The lowest BCUT2D eigenvalue weighted by Gasteiger charge is -1.98. The first-order valence-electron chi connectivity index (χ1n) is 2.21. The molecule has 0 atom stereocenters. The zero-order chi connectivity index (χ0) is 5.86.